The van der Waals surface area contributed by atoms with Gasteiger partial charge in [-0.2, -0.15) is 4.98 Å². The van der Waals surface area contributed by atoms with Gasteiger partial charge in [0.2, 0.25) is 23.7 Å². The number of carbonyl (C=O) groups excluding carboxylic acids is 3. The molecule has 3 aliphatic heterocycles. The predicted molar refractivity (Wildman–Crippen MR) is 291 cm³/mol. The van der Waals surface area contributed by atoms with E-state index in [1.807, 2.05) is 93.9 Å². The number of nitrogens with one attached hydrogen (secondary N) is 4. The van der Waals surface area contributed by atoms with Crippen LogP contribution in [0.1, 0.15) is 64.1 Å². The van der Waals surface area contributed by atoms with Crippen LogP contribution in [0, 0.1) is 24.2 Å². The first-order valence-electron chi connectivity index (χ1n) is 24.9. The molecule has 0 bridgehead atoms. The number of aromatic nitrogens is 3. The molecular formula is C53H68ClN11O6S2. The molecule has 3 amide bonds. The van der Waals surface area contributed by atoms with Crippen molar-refractivity contribution in [2.24, 2.45) is 17.3 Å². The summed E-state index contributed by atoms with van der Waals surface area (Å²) in [6.45, 7) is 12.4. The molecule has 20 heteroatoms. The Labute approximate surface area is 440 Å². The van der Waals surface area contributed by atoms with E-state index >= 15 is 0 Å². The van der Waals surface area contributed by atoms with Crippen LogP contribution in [0.15, 0.2) is 78.4 Å². The number of aryl methyl sites for hydroxylation is 1. The molecule has 4 atom stereocenters. The summed E-state index contributed by atoms with van der Waals surface area (Å²) in [6.07, 6.45) is 5.88. The number of aliphatic hydroxyl groups excluding tert-OH is 1. The zero-order valence-electron chi connectivity index (χ0n) is 42.7. The molecule has 8 rings (SSSR count). The Kier molecular flexibility index (Phi) is 17.2. The van der Waals surface area contributed by atoms with Crippen LogP contribution in [0.5, 0.6) is 5.75 Å². The number of likely N-dealkylation sites (tertiary alicyclic amines) is 2. The summed E-state index contributed by atoms with van der Waals surface area (Å²) >= 11 is 8.11. The number of anilines is 6. The summed E-state index contributed by atoms with van der Waals surface area (Å²) in [4.78, 5) is 62.6. The molecule has 17 nitrogen and oxygen atoms in total. The number of nitrogens with zero attached hydrogens (tertiary/aromatic N) is 7. The highest BCUT2D eigenvalue weighted by molar-refractivity contribution is 7.85. The largest absolute Gasteiger partial charge is 0.494 e. The molecular weight excluding hydrogens is 986 g/mol. The summed E-state index contributed by atoms with van der Waals surface area (Å²) in [6, 6.07) is 19.8. The van der Waals surface area contributed by atoms with Gasteiger partial charge in [0.05, 0.1) is 52.6 Å². The molecule has 0 aliphatic carbocycles. The van der Waals surface area contributed by atoms with Gasteiger partial charge in [0.25, 0.3) is 0 Å². The van der Waals surface area contributed by atoms with Crippen molar-refractivity contribution in [2.45, 2.75) is 84.5 Å². The van der Waals surface area contributed by atoms with E-state index in [4.69, 9.17) is 16.3 Å². The fourth-order valence-electron chi connectivity index (χ4n) is 9.89. The third-order valence-corrected chi connectivity index (χ3v) is 16.4. The Hall–Kier alpha value is -5.86. The van der Waals surface area contributed by atoms with Gasteiger partial charge in [0.15, 0.2) is 5.82 Å². The van der Waals surface area contributed by atoms with E-state index < -0.39 is 34.6 Å². The van der Waals surface area contributed by atoms with E-state index in [0.29, 0.717) is 52.7 Å². The number of thiazole rings is 1. The second-order valence-electron chi connectivity index (χ2n) is 20.4. The Bertz CT molecular complexity index is 2760. The second-order valence-corrected chi connectivity index (χ2v) is 23.0. The summed E-state index contributed by atoms with van der Waals surface area (Å²) < 4.78 is 19.7. The van der Waals surface area contributed by atoms with Crippen LogP contribution in [0.4, 0.5) is 34.5 Å². The molecule has 2 aromatic heterocycles. The number of aliphatic hydroxyl groups is 1. The molecule has 3 fully saturated rings. The Morgan fingerprint density at radius 1 is 0.959 bits per heavy atom. The molecule has 1 unspecified atom stereocenters. The molecule has 5 heterocycles. The van der Waals surface area contributed by atoms with E-state index in [9.17, 15) is 23.7 Å². The lowest BCUT2D eigenvalue weighted by atomic mass is 9.84. The molecule has 0 radical (unpaired) electrons. The van der Waals surface area contributed by atoms with Crippen LogP contribution in [0.2, 0.25) is 5.02 Å². The fraction of sp³-hybridized carbons (Fsp3) is 0.472. The minimum absolute atomic E-state index is 0.0277. The molecule has 0 saturated carbocycles. The lowest BCUT2D eigenvalue weighted by Crippen LogP contribution is -2.58. The number of carbonyl (C=O) groups is 3. The van der Waals surface area contributed by atoms with E-state index in [0.717, 1.165) is 78.6 Å². The maximum atomic E-state index is 14.3. The zero-order valence-corrected chi connectivity index (χ0v) is 45.1. The normalized spacial score (nSPS) is 18.8. The molecule has 3 aromatic carbocycles. The highest BCUT2D eigenvalue weighted by Gasteiger charge is 2.45. The monoisotopic (exact) mass is 1050 g/mol. The minimum atomic E-state index is -1.23. The quantitative estimate of drug-likeness (QED) is 0.0614. The Balaban J connectivity index is 0.796. The third kappa shape index (κ3) is 13.1. The van der Waals surface area contributed by atoms with Gasteiger partial charge in [-0.3, -0.25) is 18.7 Å². The number of ether oxygens (including phenoxy) is 1. The molecule has 0 spiro atoms. The maximum absolute atomic E-state index is 14.3. The van der Waals surface area contributed by atoms with E-state index in [1.165, 1.54) is 11.1 Å². The van der Waals surface area contributed by atoms with Crippen LogP contribution < -0.4 is 35.2 Å². The standard InChI is InChI=1S/C53H68ClN11O6S2/c1-33-46(72-32-57-33)36-14-12-34(13-15-36)28-55-50(68)44-27-39(66)31-65(44)51(69)47(53(2,3)4)60-49(67)37-20-22-63(23-21-37)30-35-18-24-64(25-19-35)38-16-17-42(45(26-38)71-6)59-52-56-29-40(54)48(61-52)58-41-10-8-9-11-43(41)62(5)73(7)70/h8-17,26,29,32,35,37,39,44,47,66H,18-25,27-28,30-31H2,1-7H3,(H,55,68)(H,60,67)(H2,56,58,59,61)/t39-,44+,47-,73?/m1/s1. The van der Waals surface area contributed by atoms with E-state index in [-0.39, 0.29) is 43.1 Å². The van der Waals surface area contributed by atoms with Gasteiger partial charge < -0.3 is 45.8 Å². The molecule has 5 aromatic rings. The number of hydrogen-bond acceptors (Lipinski definition) is 14. The van der Waals surface area contributed by atoms with Gasteiger partial charge in [-0.15, -0.1) is 11.3 Å². The summed E-state index contributed by atoms with van der Waals surface area (Å²) in [7, 11) is 2.17. The number of hydrogen-bond donors (Lipinski definition) is 5. The van der Waals surface area contributed by atoms with Gasteiger partial charge in [-0.25, -0.2) is 14.2 Å². The van der Waals surface area contributed by atoms with Crippen molar-refractivity contribution in [1.82, 2.24) is 35.4 Å². The first-order chi connectivity index (χ1) is 34.9. The topological polar surface area (TPSA) is 197 Å². The van der Waals surface area contributed by atoms with Crippen molar-refractivity contribution in [2.75, 3.05) is 79.5 Å². The minimum Gasteiger partial charge on any atom is -0.494 e. The van der Waals surface area contributed by atoms with Gasteiger partial charge in [-0.05, 0) is 92.4 Å². The number of rotatable bonds is 17. The van der Waals surface area contributed by atoms with Crippen LogP contribution in [-0.2, 0) is 31.9 Å². The first-order valence-corrected chi connectivity index (χ1v) is 27.7. The highest BCUT2D eigenvalue weighted by Crippen LogP contribution is 2.36. The lowest BCUT2D eigenvalue weighted by Gasteiger charge is -2.39. The number of halogens is 1. The smallest absolute Gasteiger partial charge is 0.246 e. The summed E-state index contributed by atoms with van der Waals surface area (Å²) in [5, 5.41) is 23.7. The number of benzene rings is 3. The Morgan fingerprint density at radius 2 is 1.68 bits per heavy atom. The van der Waals surface area contributed by atoms with Crippen molar-refractivity contribution in [3.63, 3.8) is 0 Å². The molecule has 73 heavy (non-hydrogen) atoms. The van der Waals surface area contributed by atoms with Gasteiger partial charge in [0, 0.05) is 70.1 Å². The average molecular weight is 1050 g/mol. The van der Waals surface area contributed by atoms with Gasteiger partial charge >= 0.3 is 0 Å². The molecule has 390 valence electrons. The summed E-state index contributed by atoms with van der Waals surface area (Å²) in [5.74, 6) is 0.829. The molecule has 5 N–H and O–H groups in total. The predicted octanol–water partition coefficient (Wildman–Crippen LogP) is 7.52. The van der Waals surface area contributed by atoms with Crippen molar-refractivity contribution in [3.05, 3.63) is 94.7 Å². The van der Waals surface area contributed by atoms with Crippen LogP contribution >= 0.6 is 22.9 Å². The van der Waals surface area contributed by atoms with Gasteiger partial charge in [-0.1, -0.05) is 68.8 Å². The van der Waals surface area contributed by atoms with Crippen LogP contribution in [0.3, 0.4) is 0 Å². The SMILES string of the molecule is COc1cc(N2CCC(CN3CCC(C(=O)N[C@H](C(=O)N4C[C@H](O)C[C@H]4C(=O)NCc4ccc(-c5scnc5C)cc4)C(C)(C)C)CC3)CC2)ccc1Nc1ncc(Cl)c(Nc2ccccc2N(C)S(C)=O)n1. The van der Waals surface area contributed by atoms with Crippen LogP contribution in [-0.4, -0.2) is 130 Å². The summed E-state index contributed by atoms with van der Waals surface area (Å²) in [5.41, 5.74) is 7.33. The average Bonchev–Trinajstić information content (AvgIpc) is 4.00. The zero-order chi connectivity index (χ0) is 52.0. The highest BCUT2D eigenvalue weighted by atomic mass is 35.5. The number of piperidine rings is 2. The van der Waals surface area contributed by atoms with Crippen LogP contribution in [0.25, 0.3) is 10.4 Å². The molecule has 3 saturated heterocycles. The fourth-order valence-corrected chi connectivity index (χ4v) is 11.3. The second kappa shape index (κ2) is 23.6. The van der Waals surface area contributed by atoms with E-state index in [1.54, 1.807) is 36.1 Å². The number of para-hydroxylation sites is 2. The third-order valence-electron chi connectivity index (χ3n) is 14.2. The van der Waals surface area contributed by atoms with Crippen molar-refractivity contribution >= 4 is 86.2 Å². The molecule has 3 aliphatic rings. The van der Waals surface area contributed by atoms with Gasteiger partial charge in [0.1, 0.15) is 33.8 Å². The number of amides is 3. The van der Waals surface area contributed by atoms with E-state index in [2.05, 4.69) is 52.1 Å². The lowest BCUT2D eigenvalue weighted by molar-refractivity contribution is -0.144. The van der Waals surface area contributed by atoms with Crippen molar-refractivity contribution in [3.8, 4) is 16.2 Å². The maximum Gasteiger partial charge on any atom is 0.246 e. The first kappa shape index (κ1) is 53.4. The number of β-amino-alcohol motifs (C(OH)–C–C–N with tert-alkyl or cyclic N) is 1. The number of methoxy groups -OCH3 is 1. The van der Waals surface area contributed by atoms with Crippen molar-refractivity contribution < 1.29 is 28.4 Å². The Morgan fingerprint density at radius 3 is 2.36 bits per heavy atom. The van der Waals surface area contributed by atoms with Crippen molar-refractivity contribution in [1.29, 1.82) is 0 Å².